The molecule has 4 aliphatic carbocycles. The molecule has 5 rings (SSSR count). The number of carbonyl (C=O) groups is 2. The van der Waals surface area contributed by atoms with Gasteiger partial charge >= 0.3 is 5.97 Å². The van der Waals surface area contributed by atoms with Crippen LogP contribution < -0.4 is 0 Å². The lowest BCUT2D eigenvalue weighted by Gasteiger charge is -2.57. The molecule has 0 unspecified atom stereocenters. The smallest absolute Gasteiger partial charge is 0.302 e. The number of esters is 1. The molecule has 28 heavy (non-hydrogen) atoms. The zero-order valence-electron chi connectivity index (χ0n) is 17.7. The summed E-state index contributed by atoms with van der Waals surface area (Å²) in [5.41, 5.74) is 1.79. The summed E-state index contributed by atoms with van der Waals surface area (Å²) in [5, 5.41) is 0. The van der Waals surface area contributed by atoms with Crippen molar-refractivity contribution in [3.63, 3.8) is 0 Å². The first-order chi connectivity index (χ1) is 13.3. The van der Waals surface area contributed by atoms with Crippen LogP contribution >= 0.6 is 0 Å². The standard InChI is InChI=1S/C24H34O4/c1-13(12-27-14(2)25)16-5-6-17-20-18(8-10-23(16,17)3)24(4)9-7-15(26)11-19(24)21-22(20)28-21/h11,13,16-18,20-22H,5-10,12H2,1-4H3/t13-,16-,17+,18+,20+,21-,22+,23-,24-/m1/s1. The van der Waals surface area contributed by atoms with Crippen molar-refractivity contribution in [3.05, 3.63) is 11.6 Å². The van der Waals surface area contributed by atoms with Gasteiger partial charge in [-0.15, -0.1) is 0 Å². The van der Waals surface area contributed by atoms with E-state index in [1.54, 1.807) is 0 Å². The van der Waals surface area contributed by atoms with E-state index in [1.807, 2.05) is 6.08 Å². The van der Waals surface area contributed by atoms with Crippen molar-refractivity contribution in [2.45, 2.75) is 78.4 Å². The molecule has 0 N–H and O–H groups in total. The van der Waals surface area contributed by atoms with Gasteiger partial charge in [0.1, 0.15) is 6.10 Å². The third-order valence-electron chi connectivity index (χ3n) is 9.54. The highest BCUT2D eigenvalue weighted by Crippen LogP contribution is 2.70. The van der Waals surface area contributed by atoms with Gasteiger partial charge in [-0.1, -0.05) is 20.8 Å². The molecule has 4 nitrogen and oxygen atoms in total. The Morgan fingerprint density at radius 3 is 2.79 bits per heavy atom. The Morgan fingerprint density at radius 1 is 1.25 bits per heavy atom. The van der Waals surface area contributed by atoms with Gasteiger partial charge in [0.05, 0.1) is 12.7 Å². The zero-order chi connectivity index (χ0) is 19.8. The van der Waals surface area contributed by atoms with Crippen molar-refractivity contribution >= 4 is 11.8 Å². The number of fused-ring (bicyclic) bond motifs is 8. The molecule has 0 amide bonds. The molecule has 1 saturated heterocycles. The van der Waals surface area contributed by atoms with Gasteiger partial charge in [-0.3, -0.25) is 9.59 Å². The molecule has 3 saturated carbocycles. The van der Waals surface area contributed by atoms with Crippen LogP contribution in [0.1, 0.15) is 66.2 Å². The van der Waals surface area contributed by atoms with E-state index in [2.05, 4.69) is 20.8 Å². The van der Waals surface area contributed by atoms with E-state index in [4.69, 9.17) is 9.47 Å². The van der Waals surface area contributed by atoms with E-state index < -0.39 is 0 Å². The summed E-state index contributed by atoms with van der Waals surface area (Å²) < 4.78 is 11.6. The molecule has 0 spiro atoms. The molecule has 1 heterocycles. The zero-order valence-corrected chi connectivity index (χ0v) is 17.7. The van der Waals surface area contributed by atoms with Gasteiger partial charge in [0, 0.05) is 13.3 Å². The summed E-state index contributed by atoms with van der Waals surface area (Å²) in [6, 6.07) is 0. The maximum Gasteiger partial charge on any atom is 0.302 e. The van der Waals surface area contributed by atoms with Crippen molar-refractivity contribution in [1.82, 2.24) is 0 Å². The van der Waals surface area contributed by atoms with Crippen LogP contribution in [0.2, 0.25) is 0 Å². The van der Waals surface area contributed by atoms with Crippen LogP contribution in [0.5, 0.6) is 0 Å². The second kappa shape index (κ2) is 6.17. The number of rotatable bonds is 3. The van der Waals surface area contributed by atoms with E-state index in [-0.39, 0.29) is 17.5 Å². The first-order valence-corrected chi connectivity index (χ1v) is 11.3. The Balaban J connectivity index is 1.42. The fourth-order valence-electron chi connectivity index (χ4n) is 8.15. The van der Waals surface area contributed by atoms with Crippen molar-refractivity contribution in [3.8, 4) is 0 Å². The van der Waals surface area contributed by atoms with Crippen LogP contribution in [0.3, 0.4) is 0 Å². The molecule has 0 radical (unpaired) electrons. The molecule has 0 aromatic carbocycles. The minimum atomic E-state index is -0.171. The number of hydrogen-bond acceptors (Lipinski definition) is 4. The topological polar surface area (TPSA) is 55.9 Å². The van der Waals surface area contributed by atoms with E-state index >= 15 is 0 Å². The van der Waals surface area contributed by atoms with Gasteiger partial charge in [-0.25, -0.2) is 0 Å². The fourth-order valence-corrected chi connectivity index (χ4v) is 8.15. The van der Waals surface area contributed by atoms with Crippen LogP contribution in [0, 0.1) is 40.4 Å². The molecule has 5 aliphatic rings. The second-order valence-electron chi connectivity index (χ2n) is 10.8. The quantitative estimate of drug-likeness (QED) is 0.535. The van der Waals surface area contributed by atoms with Gasteiger partial charge in [0.2, 0.25) is 0 Å². The van der Waals surface area contributed by atoms with Gasteiger partial charge < -0.3 is 9.47 Å². The SMILES string of the molecule is CC(=O)OC[C@@H](C)[C@H]1CC[C@H]2[C@@H]3[C@@H]4O[C@@H]4C4=CC(=O)CC[C@]4(C)[C@H]3CC[C@]12C. The van der Waals surface area contributed by atoms with Gasteiger partial charge in [-0.05, 0) is 84.2 Å². The average Bonchev–Trinajstić information content (AvgIpc) is 3.35. The number of ketones is 1. The lowest BCUT2D eigenvalue weighted by Crippen LogP contribution is -2.54. The summed E-state index contributed by atoms with van der Waals surface area (Å²) in [5.74, 6) is 3.13. The molecule has 4 fully saturated rings. The summed E-state index contributed by atoms with van der Waals surface area (Å²) in [4.78, 5) is 23.4. The van der Waals surface area contributed by atoms with Crippen LogP contribution in [0.15, 0.2) is 11.6 Å². The Bertz CT molecular complexity index is 741. The summed E-state index contributed by atoms with van der Waals surface area (Å²) in [6.45, 7) is 9.24. The number of ether oxygens (including phenoxy) is 2. The molecule has 1 aliphatic heterocycles. The lowest BCUT2D eigenvalue weighted by molar-refractivity contribution is -0.143. The Labute approximate surface area is 168 Å². The van der Waals surface area contributed by atoms with Gasteiger partial charge in [0.15, 0.2) is 5.78 Å². The highest BCUT2D eigenvalue weighted by molar-refractivity contribution is 5.92. The largest absolute Gasteiger partial charge is 0.466 e. The Hall–Kier alpha value is -1.16. The van der Waals surface area contributed by atoms with Crippen molar-refractivity contribution in [2.75, 3.05) is 6.61 Å². The normalized spacial score (nSPS) is 49.9. The summed E-state index contributed by atoms with van der Waals surface area (Å²) >= 11 is 0. The summed E-state index contributed by atoms with van der Waals surface area (Å²) in [6.07, 6.45) is 9.18. The highest BCUT2D eigenvalue weighted by atomic mass is 16.6. The van der Waals surface area contributed by atoms with Crippen molar-refractivity contribution in [2.24, 2.45) is 40.4 Å². The molecule has 4 heteroatoms. The maximum absolute atomic E-state index is 12.1. The predicted octanol–water partition coefficient (Wildman–Crippen LogP) is 4.32. The van der Waals surface area contributed by atoms with Crippen LogP contribution in [0.25, 0.3) is 0 Å². The summed E-state index contributed by atoms with van der Waals surface area (Å²) in [7, 11) is 0. The van der Waals surface area contributed by atoms with Crippen molar-refractivity contribution in [1.29, 1.82) is 0 Å². The van der Waals surface area contributed by atoms with Crippen LogP contribution in [-0.2, 0) is 19.1 Å². The van der Waals surface area contributed by atoms with Gasteiger partial charge in [0.25, 0.3) is 0 Å². The molecule has 154 valence electrons. The number of hydrogen-bond donors (Lipinski definition) is 0. The third-order valence-corrected chi connectivity index (χ3v) is 9.54. The second-order valence-corrected chi connectivity index (χ2v) is 10.8. The molecular formula is C24H34O4. The maximum atomic E-state index is 12.1. The monoisotopic (exact) mass is 386 g/mol. The number of carbonyl (C=O) groups excluding carboxylic acids is 2. The molecule has 0 aromatic heterocycles. The first-order valence-electron chi connectivity index (χ1n) is 11.3. The van der Waals surface area contributed by atoms with Gasteiger partial charge in [-0.2, -0.15) is 0 Å². The molecule has 9 atom stereocenters. The van der Waals surface area contributed by atoms with E-state index in [9.17, 15) is 9.59 Å². The third kappa shape index (κ3) is 2.52. The average molecular weight is 387 g/mol. The van der Waals surface area contributed by atoms with E-state index in [0.717, 1.165) is 6.42 Å². The van der Waals surface area contributed by atoms with E-state index in [1.165, 1.54) is 38.2 Å². The highest BCUT2D eigenvalue weighted by Gasteiger charge is 2.69. The molecule has 0 bridgehead atoms. The first kappa shape index (κ1) is 18.8. The molecular weight excluding hydrogens is 352 g/mol. The van der Waals surface area contributed by atoms with Crippen molar-refractivity contribution < 1.29 is 19.1 Å². The lowest BCUT2D eigenvalue weighted by atomic mass is 9.46. The predicted molar refractivity (Wildman–Crippen MR) is 105 cm³/mol. The Morgan fingerprint density at radius 2 is 2.04 bits per heavy atom. The minimum Gasteiger partial charge on any atom is -0.466 e. The minimum absolute atomic E-state index is 0.152. The van der Waals surface area contributed by atoms with E-state index in [0.29, 0.717) is 59.9 Å². The fraction of sp³-hybridized carbons (Fsp3) is 0.833. The van der Waals surface area contributed by atoms with Crippen LogP contribution in [0.4, 0.5) is 0 Å². The van der Waals surface area contributed by atoms with Crippen LogP contribution in [-0.4, -0.2) is 30.6 Å². The number of epoxide rings is 1. The Kier molecular flexibility index (Phi) is 4.15. The molecule has 0 aromatic rings.